The van der Waals surface area contributed by atoms with Crippen LogP contribution in [0.25, 0.3) is 0 Å². The smallest absolute Gasteiger partial charge is 0.167 e. The summed E-state index contributed by atoms with van der Waals surface area (Å²) in [4.78, 5) is 12.3. The van der Waals surface area contributed by atoms with Crippen LogP contribution in [0, 0.1) is 6.92 Å². The summed E-state index contributed by atoms with van der Waals surface area (Å²) in [6.45, 7) is 8.58. The van der Waals surface area contributed by atoms with Crippen LogP contribution in [0.2, 0.25) is 0 Å². The van der Waals surface area contributed by atoms with Gasteiger partial charge in [0.1, 0.15) is 0 Å². The van der Waals surface area contributed by atoms with Crippen molar-refractivity contribution in [3.8, 4) is 0 Å². The average molecular weight is 266 g/mol. The van der Waals surface area contributed by atoms with Crippen LogP contribution in [0.1, 0.15) is 47.8 Å². The quantitative estimate of drug-likeness (QED) is 0.735. The maximum atomic E-state index is 12.3. The van der Waals surface area contributed by atoms with Crippen molar-refractivity contribution in [1.82, 2.24) is 0 Å². The Labute approximate surface area is 121 Å². The van der Waals surface area contributed by atoms with Crippen molar-refractivity contribution < 1.29 is 4.79 Å². The number of benzene rings is 2. The lowest BCUT2D eigenvalue weighted by Gasteiger charge is -2.19. The number of Topliss-reactive ketones (excluding diaryl/α,β-unsaturated/α-hetero) is 1. The van der Waals surface area contributed by atoms with Gasteiger partial charge < -0.3 is 0 Å². The highest BCUT2D eigenvalue weighted by Crippen LogP contribution is 2.22. The van der Waals surface area contributed by atoms with Crippen molar-refractivity contribution in [2.45, 2.75) is 39.5 Å². The van der Waals surface area contributed by atoms with Crippen LogP contribution in [0.4, 0.5) is 0 Å². The SMILES string of the molecule is Cc1ccccc1CC(=O)c1ccc(C(C)(C)C)cc1. The summed E-state index contributed by atoms with van der Waals surface area (Å²) < 4.78 is 0. The first-order valence-electron chi connectivity index (χ1n) is 7.06. The van der Waals surface area contributed by atoms with Gasteiger partial charge in [0.25, 0.3) is 0 Å². The van der Waals surface area contributed by atoms with Crippen molar-refractivity contribution in [3.05, 3.63) is 70.8 Å². The summed E-state index contributed by atoms with van der Waals surface area (Å²) in [6.07, 6.45) is 0.474. The van der Waals surface area contributed by atoms with Gasteiger partial charge in [-0.25, -0.2) is 0 Å². The van der Waals surface area contributed by atoms with Crippen molar-refractivity contribution in [2.24, 2.45) is 0 Å². The van der Waals surface area contributed by atoms with E-state index in [9.17, 15) is 4.79 Å². The summed E-state index contributed by atoms with van der Waals surface area (Å²) in [6, 6.07) is 16.1. The van der Waals surface area contributed by atoms with Crippen LogP contribution < -0.4 is 0 Å². The van der Waals surface area contributed by atoms with E-state index in [0.29, 0.717) is 6.42 Å². The monoisotopic (exact) mass is 266 g/mol. The summed E-state index contributed by atoms with van der Waals surface area (Å²) in [5.41, 5.74) is 4.45. The fourth-order valence-electron chi connectivity index (χ4n) is 2.24. The van der Waals surface area contributed by atoms with E-state index in [-0.39, 0.29) is 11.2 Å². The molecule has 0 spiro atoms. The molecule has 0 amide bonds. The van der Waals surface area contributed by atoms with E-state index in [0.717, 1.165) is 11.1 Å². The number of aryl methyl sites for hydroxylation is 1. The van der Waals surface area contributed by atoms with Gasteiger partial charge in [-0.15, -0.1) is 0 Å². The molecule has 2 aromatic rings. The van der Waals surface area contributed by atoms with Crippen LogP contribution in [0.5, 0.6) is 0 Å². The predicted octanol–water partition coefficient (Wildman–Crippen LogP) is 4.72. The van der Waals surface area contributed by atoms with Crippen LogP contribution in [0.3, 0.4) is 0 Å². The molecule has 0 saturated heterocycles. The van der Waals surface area contributed by atoms with Gasteiger partial charge in [0.15, 0.2) is 5.78 Å². The third kappa shape index (κ3) is 3.36. The highest BCUT2D eigenvalue weighted by atomic mass is 16.1. The first kappa shape index (κ1) is 14.5. The number of ketones is 1. The Bertz CT molecular complexity index is 600. The fourth-order valence-corrected chi connectivity index (χ4v) is 2.24. The first-order valence-corrected chi connectivity index (χ1v) is 7.06. The van der Waals surface area contributed by atoms with Gasteiger partial charge in [0.05, 0.1) is 0 Å². The van der Waals surface area contributed by atoms with Crippen LogP contribution >= 0.6 is 0 Å². The largest absolute Gasteiger partial charge is 0.294 e. The normalized spacial score (nSPS) is 11.4. The molecule has 0 aliphatic heterocycles. The average Bonchev–Trinajstić information content (AvgIpc) is 2.40. The third-order valence-corrected chi connectivity index (χ3v) is 3.69. The van der Waals surface area contributed by atoms with E-state index in [1.165, 1.54) is 11.1 Å². The summed E-state index contributed by atoms with van der Waals surface area (Å²) >= 11 is 0. The number of carbonyl (C=O) groups is 1. The zero-order valence-corrected chi connectivity index (χ0v) is 12.7. The molecule has 0 radical (unpaired) electrons. The molecule has 0 aliphatic rings. The third-order valence-electron chi connectivity index (χ3n) is 3.69. The molecule has 0 fully saturated rings. The maximum absolute atomic E-state index is 12.3. The zero-order chi connectivity index (χ0) is 14.8. The minimum Gasteiger partial charge on any atom is -0.294 e. The first-order chi connectivity index (χ1) is 9.38. The van der Waals surface area contributed by atoms with Crippen LogP contribution in [-0.4, -0.2) is 5.78 Å². The number of carbonyl (C=O) groups excluding carboxylic acids is 1. The lowest BCUT2D eigenvalue weighted by molar-refractivity contribution is 0.0992. The molecule has 1 nitrogen and oxygen atoms in total. The van der Waals surface area contributed by atoms with Gasteiger partial charge in [0.2, 0.25) is 0 Å². The Kier molecular flexibility index (Phi) is 4.08. The summed E-state index contributed by atoms with van der Waals surface area (Å²) in [5, 5.41) is 0. The molecule has 0 saturated carbocycles. The highest BCUT2D eigenvalue weighted by molar-refractivity contribution is 5.97. The molecule has 0 atom stereocenters. The molecular formula is C19H22O. The van der Waals surface area contributed by atoms with Crippen LogP contribution in [0.15, 0.2) is 48.5 Å². The Morgan fingerprint density at radius 2 is 1.55 bits per heavy atom. The number of hydrogen-bond donors (Lipinski definition) is 0. The van der Waals surface area contributed by atoms with E-state index in [1.807, 2.05) is 43.3 Å². The molecule has 104 valence electrons. The van der Waals surface area contributed by atoms with Crippen molar-refractivity contribution in [2.75, 3.05) is 0 Å². The highest BCUT2D eigenvalue weighted by Gasteiger charge is 2.14. The Morgan fingerprint density at radius 3 is 2.10 bits per heavy atom. The van der Waals surface area contributed by atoms with E-state index in [4.69, 9.17) is 0 Å². The molecule has 0 bridgehead atoms. The van der Waals surface area contributed by atoms with Gasteiger partial charge >= 0.3 is 0 Å². The van der Waals surface area contributed by atoms with E-state index >= 15 is 0 Å². The van der Waals surface area contributed by atoms with Gasteiger partial charge in [0, 0.05) is 12.0 Å². The summed E-state index contributed by atoms with van der Waals surface area (Å²) in [7, 11) is 0. The fraction of sp³-hybridized carbons (Fsp3) is 0.316. The molecule has 1 heteroatoms. The minimum absolute atomic E-state index is 0.123. The molecule has 0 heterocycles. The molecule has 2 aromatic carbocycles. The zero-order valence-electron chi connectivity index (χ0n) is 12.7. The standard InChI is InChI=1S/C19H22O/c1-14-7-5-6-8-16(14)13-18(20)15-9-11-17(12-10-15)19(2,3)4/h5-12H,13H2,1-4H3. The molecule has 20 heavy (non-hydrogen) atoms. The number of hydrogen-bond acceptors (Lipinski definition) is 1. The van der Waals surface area contributed by atoms with Crippen molar-refractivity contribution >= 4 is 5.78 Å². The second-order valence-electron chi connectivity index (χ2n) is 6.35. The van der Waals surface area contributed by atoms with Crippen molar-refractivity contribution in [1.29, 1.82) is 0 Å². The Balaban J connectivity index is 2.16. The predicted molar refractivity (Wildman–Crippen MR) is 84.4 cm³/mol. The lowest BCUT2D eigenvalue weighted by Crippen LogP contribution is -2.11. The minimum atomic E-state index is 0.123. The van der Waals surface area contributed by atoms with Gasteiger partial charge in [-0.3, -0.25) is 4.79 Å². The Hall–Kier alpha value is -1.89. The molecule has 2 rings (SSSR count). The molecule has 0 aliphatic carbocycles. The molecular weight excluding hydrogens is 244 g/mol. The van der Waals surface area contributed by atoms with Gasteiger partial charge in [-0.1, -0.05) is 69.3 Å². The van der Waals surface area contributed by atoms with E-state index in [2.05, 4.69) is 32.9 Å². The molecule has 0 N–H and O–H groups in total. The second kappa shape index (κ2) is 5.62. The van der Waals surface area contributed by atoms with Crippen molar-refractivity contribution in [3.63, 3.8) is 0 Å². The topological polar surface area (TPSA) is 17.1 Å². The second-order valence-corrected chi connectivity index (χ2v) is 6.35. The molecule has 0 unspecified atom stereocenters. The Morgan fingerprint density at radius 1 is 0.950 bits per heavy atom. The van der Waals surface area contributed by atoms with Gasteiger partial charge in [-0.2, -0.15) is 0 Å². The van der Waals surface area contributed by atoms with E-state index < -0.39 is 0 Å². The number of rotatable bonds is 3. The summed E-state index contributed by atoms with van der Waals surface area (Å²) in [5.74, 6) is 0.180. The van der Waals surface area contributed by atoms with Crippen LogP contribution in [-0.2, 0) is 11.8 Å². The maximum Gasteiger partial charge on any atom is 0.167 e. The van der Waals surface area contributed by atoms with Gasteiger partial charge in [-0.05, 0) is 29.0 Å². The molecule has 0 aromatic heterocycles. The van der Waals surface area contributed by atoms with E-state index in [1.54, 1.807) is 0 Å². The lowest BCUT2D eigenvalue weighted by atomic mass is 9.86.